The fourth-order valence-electron chi connectivity index (χ4n) is 3.10. The molecule has 27 heavy (non-hydrogen) atoms. The summed E-state index contributed by atoms with van der Waals surface area (Å²) < 4.78 is 5.41. The number of halogens is 1. The molecule has 0 atom stereocenters. The summed E-state index contributed by atoms with van der Waals surface area (Å²) in [5.74, 6) is 0.582. The van der Waals surface area contributed by atoms with E-state index < -0.39 is 0 Å². The summed E-state index contributed by atoms with van der Waals surface area (Å²) in [6, 6.07) is 18.1. The Hall–Kier alpha value is -2.63. The van der Waals surface area contributed by atoms with Crippen molar-refractivity contribution >= 4 is 28.9 Å². The normalized spacial score (nSPS) is 14.2. The van der Waals surface area contributed by atoms with Crippen molar-refractivity contribution in [3.05, 3.63) is 77.1 Å². The Morgan fingerprint density at radius 3 is 2.56 bits per heavy atom. The topological polar surface area (TPSA) is 50.3 Å². The largest absolute Gasteiger partial charge is 0.378 e. The molecule has 1 aromatic heterocycles. The van der Waals surface area contributed by atoms with Crippen molar-refractivity contribution < 1.29 is 4.74 Å². The van der Waals surface area contributed by atoms with Crippen LogP contribution in [0.1, 0.15) is 11.3 Å². The Labute approximate surface area is 164 Å². The molecule has 0 saturated carbocycles. The number of aromatic nitrogens is 2. The molecule has 0 unspecified atom stereocenters. The average molecular weight is 381 g/mol. The molecular weight excluding hydrogens is 360 g/mol. The van der Waals surface area contributed by atoms with Gasteiger partial charge in [-0.15, -0.1) is 0 Å². The number of rotatable bonds is 5. The fraction of sp³-hybridized carbons (Fsp3) is 0.238. The summed E-state index contributed by atoms with van der Waals surface area (Å²) in [7, 11) is 0. The van der Waals surface area contributed by atoms with Gasteiger partial charge in [-0.05, 0) is 42.0 Å². The van der Waals surface area contributed by atoms with E-state index in [1.54, 1.807) is 6.20 Å². The van der Waals surface area contributed by atoms with Crippen molar-refractivity contribution in [2.75, 3.05) is 36.5 Å². The molecule has 6 heteroatoms. The van der Waals surface area contributed by atoms with Crippen molar-refractivity contribution in [2.45, 2.75) is 6.42 Å². The third-order valence-electron chi connectivity index (χ3n) is 4.54. The highest BCUT2D eigenvalue weighted by molar-refractivity contribution is 6.31. The Morgan fingerprint density at radius 1 is 1.00 bits per heavy atom. The fourth-order valence-corrected chi connectivity index (χ4v) is 3.30. The van der Waals surface area contributed by atoms with Crippen LogP contribution in [0.2, 0.25) is 5.02 Å². The molecule has 0 spiro atoms. The molecule has 1 aliphatic rings. The predicted molar refractivity (Wildman–Crippen MR) is 109 cm³/mol. The lowest BCUT2D eigenvalue weighted by Crippen LogP contribution is -2.36. The Kier molecular flexibility index (Phi) is 5.51. The van der Waals surface area contributed by atoms with Gasteiger partial charge in [-0.25, -0.2) is 9.97 Å². The minimum Gasteiger partial charge on any atom is -0.378 e. The monoisotopic (exact) mass is 380 g/mol. The van der Waals surface area contributed by atoms with Crippen molar-refractivity contribution in [1.82, 2.24) is 9.97 Å². The second-order valence-corrected chi connectivity index (χ2v) is 6.82. The van der Waals surface area contributed by atoms with Gasteiger partial charge in [-0.3, -0.25) is 0 Å². The first-order valence-corrected chi connectivity index (χ1v) is 9.41. The van der Waals surface area contributed by atoms with Gasteiger partial charge in [0.2, 0.25) is 5.95 Å². The van der Waals surface area contributed by atoms with Crippen LogP contribution in [0.15, 0.2) is 60.8 Å². The van der Waals surface area contributed by atoms with Crippen LogP contribution in [0.3, 0.4) is 0 Å². The first-order chi connectivity index (χ1) is 13.3. The molecular formula is C21H21ClN4O. The van der Waals surface area contributed by atoms with Gasteiger partial charge in [0.05, 0.1) is 18.9 Å². The molecule has 1 aliphatic heterocycles. The molecule has 0 bridgehead atoms. The zero-order chi connectivity index (χ0) is 18.5. The molecule has 1 fully saturated rings. The summed E-state index contributed by atoms with van der Waals surface area (Å²) >= 11 is 6.25. The van der Waals surface area contributed by atoms with Crippen LogP contribution in [0.25, 0.3) is 0 Å². The summed E-state index contributed by atoms with van der Waals surface area (Å²) in [6.45, 7) is 3.43. The number of morpholine rings is 1. The third kappa shape index (κ3) is 4.56. The van der Waals surface area contributed by atoms with Crippen molar-refractivity contribution in [1.29, 1.82) is 0 Å². The number of benzene rings is 2. The standard InChI is InChI=1S/C21H21ClN4O/c22-20-4-2-1-3-16(20)15-18-9-10-23-21(25-18)24-17-5-7-19(8-6-17)26-11-13-27-14-12-26/h1-10H,11-15H2,(H,23,24,25). The number of hydrogen-bond acceptors (Lipinski definition) is 5. The summed E-state index contributed by atoms with van der Waals surface area (Å²) in [6.07, 6.45) is 2.44. The smallest absolute Gasteiger partial charge is 0.227 e. The van der Waals surface area contributed by atoms with Crippen LogP contribution in [-0.4, -0.2) is 36.3 Å². The second-order valence-electron chi connectivity index (χ2n) is 6.41. The second kappa shape index (κ2) is 8.37. The Morgan fingerprint density at radius 2 is 1.78 bits per heavy atom. The van der Waals surface area contributed by atoms with Gasteiger partial charge in [0.1, 0.15) is 0 Å². The molecule has 0 radical (unpaired) electrons. The van der Waals surface area contributed by atoms with Crippen molar-refractivity contribution in [2.24, 2.45) is 0 Å². The molecule has 1 saturated heterocycles. The molecule has 4 rings (SSSR count). The highest BCUT2D eigenvalue weighted by Gasteiger charge is 2.11. The molecule has 138 valence electrons. The van der Waals surface area contributed by atoms with E-state index in [1.807, 2.05) is 30.3 Å². The zero-order valence-electron chi connectivity index (χ0n) is 14.9. The first kappa shape index (κ1) is 17.8. The van der Waals surface area contributed by atoms with Gasteiger partial charge >= 0.3 is 0 Å². The molecule has 2 heterocycles. The number of hydrogen-bond donors (Lipinski definition) is 1. The van der Waals surface area contributed by atoms with Gasteiger partial charge in [0.15, 0.2) is 0 Å². The number of anilines is 3. The van der Waals surface area contributed by atoms with Crippen LogP contribution < -0.4 is 10.2 Å². The molecule has 2 aromatic carbocycles. The van der Waals surface area contributed by atoms with E-state index in [-0.39, 0.29) is 0 Å². The van der Waals surface area contributed by atoms with E-state index >= 15 is 0 Å². The van der Waals surface area contributed by atoms with Crippen molar-refractivity contribution in [3.63, 3.8) is 0 Å². The number of nitrogens with one attached hydrogen (secondary N) is 1. The number of nitrogens with zero attached hydrogens (tertiary/aromatic N) is 3. The van der Waals surface area contributed by atoms with Gasteiger partial charge in [0, 0.05) is 42.1 Å². The molecule has 0 amide bonds. The summed E-state index contributed by atoms with van der Waals surface area (Å²) in [5.41, 5.74) is 4.14. The lowest BCUT2D eigenvalue weighted by molar-refractivity contribution is 0.122. The number of ether oxygens (including phenoxy) is 1. The van der Waals surface area contributed by atoms with Crippen LogP contribution in [-0.2, 0) is 11.2 Å². The predicted octanol–water partition coefficient (Wildman–Crippen LogP) is 4.30. The lowest BCUT2D eigenvalue weighted by atomic mass is 10.1. The van der Waals surface area contributed by atoms with E-state index in [0.717, 1.165) is 48.3 Å². The van der Waals surface area contributed by atoms with Gasteiger partial charge < -0.3 is 15.0 Å². The van der Waals surface area contributed by atoms with E-state index in [0.29, 0.717) is 12.4 Å². The van der Waals surface area contributed by atoms with E-state index in [4.69, 9.17) is 16.3 Å². The van der Waals surface area contributed by atoms with Crippen LogP contribution in [0.5, 0.6) is 0 Å². The average Bonchev–Trinajstić information content (AvgIpc) is 2.71. The van der Waals surface area contributed by atoms with Crippen LogP contribution >= 0.6 is 11.6 Å². The Bertz CT molecular complexity index is 895. The molecule has 3 aromatic rings. The first-order valence-electron chi connectivity index (χ1n) is 9.03. The highest BCUT2D eigenvalue weighted by atomic mass is 35.5. The van der Waals surface area contributed by atoms with Crippen molar-refractivity contribution in [3.8, 4) is 0 Å². The van der Waals surface area contributed by atoms with Gasteiger partial charge in [-0.1, -0.05) is 29.8 Å². The SMILES string of the molecule is Clc1ccccc1Cc1ccnc(Nc2ccc(N3CCOCC3)cc2)n1. The van der Waals surface area contributed by atoms with Gasteiger partial charge in [0.25, 0.3) is 0 Å². The maximum absolute atomic E-state index is 6.25. The maximum Gasteiger partial charge on any atom is 0.227 e. The van der Waals surface area contributed by atoms with Gasteiger partial charge in [-0.2, -0.15) is 0 Å². The van der Waals surface area contributed by atoms with E-state index in [1.165, 1.54) is 5.69 Å². The molecule has 1 N–H and O–H groups in total. The zero-order valence-corrected chi connectivity index (χ0v) is 15.7. The van der Waals surface area contributed by atoms with E-state index in [9.17, 15) is 0 Å². The molecule has 5 nitrogen and oxygen atoms in total. The van der Waals surface area contributed by atoms with E-state index in [2.05, 4.69) is 44.5 Å². The summed E-state index contributed by atoms with van der Waals surface area (Å²) in [4.78, 5) is 11.3. The quantitative estimate of drug-likeness (QED) is 0.715. The third-order valence-corrected chi connectivity index (χ3v) is 4.91. The lowest BCUT2D eigenvalue weighted by Gasteiger charge is -2.28. The maximum atomic E-state index is 6.25. The Balaban J connectivity index is 1.44. The minimum absolute atomic E-state index is 0.582. The highest BCUT2D eigenvalue weighted by Crippen LogP contribution is 2.22. The van der Waals surface area contributed by atoms with Crippen LogP contribution in [0, 0.1) is 0 Å². The van der Waals surface area contributed by atoms with Crippen LogP contribution in [0.4, 0.5) is 17.3 Å². The minimum atomic E-state index is 0.582. The molecule has 0 aliphatic carbocycles. The summed E-state index contributed by atoms with van der Waals surface area (Å²) in [5, 5.41) is 4.03.